The lowest BCUT2D eigenvalue weighted by Gasteiger charge is -2.18. The van der Waals surface area contributed by atoms with Crippen molar-refractivity contribution in [2.75, 3.05) is 13.2 Å². The van der Waals surface area contributed by atoms with E-state index < -0.39 is 6.10 Å². The van der Waals surface area contributed by atoms with Crippen molar-refractivity contribution < 1.29 is 28.6 Å². The zero-order valence-electron chi connectivity index (χ0n) is 47.7. The summed E-state index contributed by atoms with van der Waals surface area (Å²) >= 11 is 0. The molecule has 0 aromatic rings. The molecule has 0 radical (unpaired) electrons. The van der Waals surface area contributed by atoms with Gasteiger partial charge in [-0.05, 0) is 103 Å². The van der Waals surface area contributed by atoms with Crippen LogP contribution in [0.2, 0.25) is 0 Å². The van der Waals surface area contributed by atoms with Gasteiger partial charge in [0.1, 0.15) is 13.2 Å². The summed E-state index contributed by atoms with van der Waals surface area (Å²) in [6.45, 7) is 6.47. The van der Waals surface area contributed by atoms with E-state index in [1.54, 1.807) is 0 Å². The Hall–Kier alpha value is -3.15. The second-order valence-electron chi connectivity index (χ2n) is 20.6. The summed E-state index contributed by atoms with van der Waals surface area (Å²) in [5, 5.41) is 0. The largest absolute Gasteiger partial charge is 0.462 e. The number of unbranched alkanes of at least 4 members (excludes halogenated alkanes) is 33. The fourth-order valence-electron chi connectivity index (χ4n) is 8.79. The molecule has 0 aromatic heterocycles. The monoisotopic (exact) mass is 1000 g/mol. The van der Waals surface area contributed by atoms with Crippen LogP contribution in [0.4, 0.5) is 0 Å². The molecular weight excluding hydrogens is 889 g/mol. The second kappa shape index (κ2) is 60.4. The highest BCUT2D eigenvalue weighted by molar-refractivity contribution is 5.71. The van der Waals surface area contributed by atoms with Gasteiger partial charge in [0.15, 0.2) is 6.10 Å². The normalized spacial score (nSPS) is 12.5. The molecule has 0 bridgehead atoms. The molecule has 0 amide bonds. The highest BCUT2D eigenvalue weighted by atomic mass is 16.6. The van der Waals surface area contributed by atoms with Gasteiger partial charge >= 0.3 is 17.9 Å². The zero-order chi connectivity index (χ0) is 52.2. The van der Waals surface area contributed by atoms with Crippen molar-refractivity contribution in [3.8, 4) is 0 Å². The van der Waals surface area contributed by atoms with Crippen molar-refractivity contribution in [2.24, 2.45) is 0 Å². The number of rotatable bonds is 56. The predicted octanol–water partition coefficient (Wildman–Crippen LogP) is 20.9. The van der Waals surface area contributed by atoms with Gasteiger partial charge in [-0.2, -0.15) is 0 Å². The van der Waals surface area contributed by atoms with Crippen LogP contribution in [0, 0.1) is 0 Å². The maximum atomic E-state index is 12.9. The molecule has 0 spiro atoms. The molecule has 0 aliphatic rings. The molecule has 0 saturated carbocycles. The first-order chi connectivity index (χ1) is 35.5. The van der Waals surface area contributed by atoms with E-state index in [4.69, 9.17) is 14.2 Å². The van der Waals surface area contributed by atoms with Gasteiger partial charge in [-0.1, -0.05) is 261 Å². The van der Waals surface area contributed by atoms with Gasteiger partial charge in [-0.15, -0.1) is 0 Å². The Morgan fingerprint density at radius 3 is 0.917 bits per heavy atom. The van der Waals surface area contributed by atoms with Crippen molar-refractivity contribution in [1.29, 1.82) is 0 Å². The van der Waals surface area contributed by atoms with Crippen LogP contribution in [0.1, 0.15) is 310 Å². The number of hydrogen-bond acceptors (Lipinski definition) is 6. The Balaban J connectivity index is 4.19. The summed E-state index contributed by atoms with van der Waals surface area (Å²) in [5.74, 6) is -0.892. The fourth-order valence-corrected chi connectivity index (χ4v) is 8.79. The van der Waals surface area contributed by atoms with Crippen LogP contribution >= 0.6 is 0 Å². The third kappa shape index (κ3) is 57.7. The summed E-state index contributed by atoms with van der Waals surface area (Å²) in [7, 11) is 0. The van der Waals surface area contributed by atoms with Gasteiger partial charge in [-0.3, -0.25) is 14.4 Å². The Morgan fingerprint density at radius 1 is 0.292 bits per heavy atom. The molecule has 0 aromatic carbocycles. The van der Waals surface area contributed by atoms with E-state index in [1.165, 1.54) is 167 Å². The average Bonchev–Trinajstić information content (AvgIpc) is 3.38. The molecule has 0 aliphatic carbocycles. The topological polar surface area (TPSA) is 78.9 Å². The maximum absolute atomic E-state index is 12.9. The summed E-state index contributed by atoms with van der Waals surface area (Å²) in [4.78, 5) is 38.1. The van der Waals surface area contributed by atoms with Crippen molar-refractivity contribution in [2.45, 2.75) is 316 Å². The molecule has 72 heavy (non-hydrogen) atoms. The van der Waals surface area contributed by atoms with Crippen molar-refractivity contribution >= 4 is 17.9 Å². The first kappa shape index (κ1) is 68.8. The van der Waals surface area contributed by atoms with E-state index in [-0.39, 0.29) is 31.1 Å². The first-order valence-electron chi connectivity index (χ1n) is 30.9. The molecule has 6 nitrogen and oxygen atoms in total. The van der Waals surface area contributed by atoms with Crippen molar-refractivity contribution in [3.05, 3.63) is 72.9 Å². The number of hydrogen-bond donors (Lipinski definition) is 0. The lowest BCUT2D eigenvalue weighted by Crippen LogP contribution is -2.30. The summed E-state index contributed by atoms with van der Waals surface area (Å²) in [6.07, 6.45) is 77.8. The lowest BCUT2D eigenvalue weighted by atomic mass is 10.0. The minimum absolute atomic E-state index is 0.0806. The number of esters is 3. The standard InChI is InChI=1S/C66H116O6/c1-4-7-10-13-16-19-22-24-26-28-29-30-31-32-33-34-35-36-37-39-40-42-44-47-50-53-56-59-65(68)71-62-63(61-70-64(67)58-55-52-49-46-21-18-15-12-9-6-3)72-66(69)60-57-54-51-48-45-43-41-38-27-25-23-20-17-14-11-8-5-2/h8,11-12,15,17,20,22,24-25,27-29,63H,4-7,9-10,13-14,16,18-19,21,23,26,30-62H2,1-3H3/b11-8-,15-12-,20-17-,24-22-,27-25-,29-28-. The summed E-state index contributed by atoms with van der Waals surface area (Å²) in [5.41, 5.74) is 0. The van der Waals surface area contributed by atoms with E-state index in [0.29, 0.717) is 19.3 Å². The predicted molar refractivity (Wildman–Crippen MR) is 311 cm³/mol. The highest BCUT2D eigenvalue weighted by Crippen LogP contribution is 2.16. The Kier molecular flexibility index (Phi) is 57.8. The zero-order valence-corrected chi connectivity index (χ0v) is 47.7. The minimum Gasteiger partial charge on any atom is -0.462 e. The third-order valence-corrected chi connectivity index (χ3v) is 13.4. The van der Waals surface area contributed by atoms with Gasteiger partial charge in [0.25, 0.3) is 0 Å². The molecule has 0 saturated heterocycles. The number of ether oxygens (including phenoxy) is 3. The van der Waals surface area contributed by atoms with Crippen LogP contribution < -0.4 is 0 Å². The van der Waals surface area contributed by atoms with E-state index in [0.717, 1.165) is 103 Å². The molecule has 0 aliphatic heterocycles. The highest BCUT2D eigenvalue weighted by Gasteiger charge is 2.19. The fraction of sp³-hybridized carbons (Fsp3) is 0.773. The van der Waals surface area contributed by atoms with Crippen molar-refractivity contribution in [3.63, 3.8) is 0 Å². The van der Waals surface area contributed by atoms with Crippen LogP contribution in [0.15, 0.2) is 72.9 Å². The lowest BCUT2D eigenvalue weighted by molar-refractivity contribution is -0.167. The average molecular weight is 1010 g/mol. The van der Waals surface area contributed by atoms with Crippen molar-refractivity contribution in [1.82, 2.24) is 0 Å². The van der Waals surface area contributed by atoms with E-state index in [2.05, 4.69) is 93.7 Å². The Morgan fingerprint density at radius 2 is 0.569 bits per heavy atom. The molecular formula is C66H116O6. The van der Waals surface area contributed by atoms with Gasteiger partial charge < -0.3 is 14.2 Å². The maximum Gasteiger partial charge on any atom is 0.306 e. The molecule has 0 heterocycles. The first-order valence-corrected chi connectivity index (χ1v) is 30.9. The van der Waals surface area contributed by atoms with Gasteiger partial charge in [-0.25, -0.2) is 0 Å². The summed E-state index contributed by atoms with van der Waals surface area (Å²) < 4.78 is 16.9. The van der Waals surface area contributed by atoms with Gasteiger partial charge in [0.05, 0.1) is 0 Å². The van der Waals surface area contributed by atoms with Crippen LogP contribution in [-0.2, 0) is 28.6 Å². The number of carbonyl (C=O) groups is 3. The van der Waals surface area contributed by atoms with Crippen LogP contribution in [0.5, 0.6) is 0 Å². The van der Waals surface area contributed by atoms with Gasteiger partial charge in [0, 0.05) is 19.3 Å². The molecule has 0 rings (SSSR count). The number of carbonyl (C=O) groups excluding carboxylic acids is 3. The molecule has 6 heteroatoms. The molecule has 0 N–H and O–H groups in total. The number of allylic oxidation sites excluding steroid dienone is 12. The summed E-state index contributed by atoms with van der Waals surface area (Å²) in [6, 6.07) is 0. The van der Waals surface area contributed by atoms with Gasteiger partial charge in [0.2, 0.25) is 0 Å². The quantitative estimate of drug-likeness (QED) is 0.0261. The smallest absolute Gasteiger partial charge is 0.306 e. The van der Waals surface area contributed by atoms with E-state index in [1.807, 2.05) is 0 Å². The third-order valence-electron chi connectivity index (χ3n) is 13.4. The molecule has 0 fully saturated rings. The molecule has 1 unspecified atom stereocenters. The second-order valence-corrected chi connectivity index (χ2v) is 20.6. The minimum atomic E-state index is -0.783. The SMILES string of the molecule is CC/C=C\C/C=C\C/C=C\CCCCCCCCCC(=O)OC(COC(=O)CCCCCCC/C=C\CCC)COC(=O)CCCCCCCCCCCCCCCCC/C=C\C/C=C\CCCCCCC. The van der Waals surface area contributed by atoms with E-state index >= 15 is 0 Å². The van der Waals surface area contributed by atoms with E-state index in [9.17, 15) is 14.4 Å². The van der Waals surface area contributed by atoms with Crippen LogP contribution in [0.25, 0.3) is 0 Å². The van der Waals surface area contributed by atoms with Crippen LogP contribution in [-0.4, -0.2) is 37.2 Å². The Labute approximate surface area is 446 Å². The molecule has 1 atom stereocenters. The molecule has 416 valence electrons. The van der Waals surface area contributed by atoms with Crippen LogP contribution in [0.3, 0.4) is 0 Å². The Bertz CT molecular complexity index is 1340.